The summed E-state index contributed by atoms with van der Waals surface area (Å²) in [6.07, 6.45) is 3.37. The quantitative estimate of drug-likeness (QED) is 0.725. The highest BCUT2D eigenvalue weighted by Crippen LogP contribution is 2.20. The van der Waals surface area contributed by atoms with Crippen LogP contribution in [0.1, 0.15) is 49.8 Å². The van der Waals surface area contributed by atoms with Crippen molar-refractivity contribution in [2.24, 2.45) is 0 Å². The second-order valence-corrected chi connectivity index (χ2v) is 6.09. The lowest BCUT2D eigenvalue weighted by Gasteiger charge is -2.24. The first-order valence-corrected chi connectivity index (χ1v) is 8.60. The van der Waals surface area contributed by atoms with Crippen molar-refractivity contribution < 1.29 is 0 Å². The minimum Gasteiger partial charge on any atom is -0.313 e. The third-order valence-electron chi connectivity index (χ3n) is 4.62. The molecule has 2 rings (SSSR count). The van der Waals surface area contributed by atoms with Gasteiger partial charge < -0.3 is 5.32 Å². The highest BCUT2D eigenvalue weighted by molar-refractivity contribution is 5.23. The summed E-state index contributed by atoms with van der Waals surface area (Å²) < 4.78 is 0. The van der Waals surface area contributed by atoms with Crippen molar-refractivity contribution in [3.63, 3.8) is 0 Å². The average molecular weight is 295 g/mol. The summed E-state index contributed by atoms with van der Waals surface area (Å²) >= 11 is 0. The van der Waals surface area contributed by atoms with Gasteiger partial charge in [0.15, 0.2) is 0 Å². The topological polar surface area (TPSA) is 12.0 Å². The summed E-state index contributed by atoms with van der Waals surface area (Å²) in [6, 6.07) is 20.4. The second kappa shape index (κ2) is 8.75. The number of benzene rings is 2. The van der Waals surface area contributed by atoms with Gasteiger partial charge in [0.25, 0.3) is 0 Å². The molecule has 0 bridgehead atoms. The standard InChI is InChI=1S/C21H29N/c1-4-18-11-13-19(14-12-18)15-16-22-21(5-2)17(3)20-9-7-6-8-10-20/h6-14,17,21-22H,4-5,15-16H2,1-3H3/t17?,21-/m1/s1. The molecule has 0 saturated heterocycles. The van der Waals surface area contributed by atoms with E-state index in [1.165, 1.54) is 16.7 Å². The highest BCUT2D eigenvalue weighted by atomic mass is 14.9. The van der Waals surface area contributed by atoms with Gasteiger partial charge in [-0.05, 0) is 48.4 Å². The van der Waals surface area contributed by atoms with E-state index in [-0.39, 0.29) is 0 Å². The molecule has 118 valence electrons. The molecule has 0 amide bonds. The smallest absolute Gasteiger partial charge is 0.0131 e. The van der Waals surface area contributed by atoms with Gasteiger partial charge in [-0.15, -0.1) is 0 Å². The lowest BCUT2D eigenvalue weighted by molar-refractivity contribution is 0.440. The first-order valence-electron chi connectivity index (χ1n) is 8.60. The summed E-state index contributed by atoms with van der Waals surface area (Å²) in [4.78, 5) is 0. The Balaban J connectivity index is 1.85. The SMILES string of the molecule is CCc1ccc(CCN[C@H](CC)C(C)c2ccccc2)cc1. The largest absolute Gasteiger partial charge is 0.313 e. The van der Waals surface area contributed by atoms with Crippen LogP contribution < -0.4 is 5.32 Å². The van der Waals surface area contributed by atoms with E-state index in [1.54, 1.807) is 0 Å². The minimum atomic E-state index is 0.539. The maximum atomic E-state index is 3.74. The molecular formula is C21H29N. The molecule has 0 fully saturated rings. The van der Waals surface area contributed by atoms with E-state index in [1.807, 2.05) is 0 Å². The molecule has 0 heterocycles. The fourth-order valence-corrected chi connectivity index (χ4v) is 3.01. The maximum Gasteiger partial charge on any atom is 0.0131 e. The van der Waals surface area contributed by atoms with E-state index in [0.29, 0.717) is 12.0 Å². The molecule has 2 aromatic carbocycles. The molecule has 2 aromatic rings. The monoisotopic (exact) mass is 295 g/mol. The van der Waals surface area contributed by atoms with Gasteiger partial charge in [0.1, 0.15) is 0 Å². The zero-order chi connectivity index (χ0) is 15.8. The second-order valence-electron chi connectivity index (χ2n) is 6.09. The Morgan fingerprint density at radius 2 is 1.50 bits per heavy atom. The molecule has 0 aliphatic rings. The fourth-order valence-electron chi connectivity index (χ4n) is 3.01. The Morgan fingerprint density at radius 1 is 0.864 bits per heavy atom. The third-order valence-corrected chi connectivity index (χ3v) is 4.62. The van der Waals surface area contributed by atoms with Crippen molar-refractivity contribution in [1.82, 2.24) is 5.32 Å². The van der Waals surface area contributed by atoms with Gasteiger partial charge in [-0.25, -0.2) is 0 Å². The molecule has 1 unspecified atom stereocenters. The zero-order valence-corrected chi connectivity index (χ0v) is 14.2. The number of aryl methyl sites for hydroxylation is 1. The normalized spacial score (nSPS) is 13.8. The Labute approximate surface area is 135 Å². The summed E-state index contributed by atoms with van der Waals surface area (Å²) in [5, 5.41) is 3.74. The Morgan fingerprint density at radius 3 is 2.09 bits per heavy atom. The molecule has 0 radical (unpaired) electrons. The minimum absolute atomic E-state index is 0.539. The Kier molecular flexibility index (Phi) is 6.67. The van der Waals surface area contributed by atoms with Crippen LogP contribution in [0.15, 0.2) is 54.6 Å². The molecule has 0 aromatic heterocycles. The van der Waals surface area contributed by atoms with Crippen molar-refractivity contribution in [1.29, 1.82) is 0 Å². The number of hydrogen-bond acceptors (Lipinski definition) is 1. The zero-order valence-electron chi connectivity index (χ0n) is 14.2. The summed E-state index contributed by atoms with van der Waals surface area (Å²) in [7, 11) is 0. The van der Waals surface area contributed by atoms with E-state index in [0.717, 1.165) is 25.8 Å². The summed E-state index contributed by atoms with van der Waals surface area (Å²) in [5.74, 6) is 0.550. The average Bonchev–Trinajstić information content (AvgIpc) is 2.59. The number of hydrogen-bond donors (Lipinski definition) is 1. The third kappa shape index (κ3) is 4.71. The lowest BCUT2D eigenvalue weighted by atomic mass is 9.91. The molecule has 0 spiro atoms. The predicted octanol–water partition coefficient (Wildman–Crippen LogP) is 4.96. The van der Waals surface area contributed by atoms with Crippen molar-refractivity contribution in [3.8, 4) is 0 Å². The van der Waals surface area contributed by atoms with Crippen molar-refractivity contribution >= 4 is 0 Å². The van der Waals surface area contributed by atoms with Gasteiger partial charge in [-0.2, -0.15) is 0 Å². The maximum absolute atomic E-state index is 3.74. The van der Waals surface area contributed by atoms with Crippen LogP contribution in [-0.2, 0) is 12.8 Å². The van der Waals surface area contributed by atoms with E-state index in [9.17, 15) is 0 Å². The van der Waals surface area contributed by atoms with Crippen molar-refractivity contribution in [3.05, 3.63) is 71.3 Å². The van der Waals surface area contributed by atoms with Gasteiger partial charge in [-0.1, -0.05) is 75.4 Å². The Hall–Kier alpha value is -1.60. The number of nitrogens with one attached hydrogen (secondary N) is 1. The van der Waals surface area contributed by atoms with E-state index in [2.05, 4.69) is 80.7 Å². The highest BCUT2D eigenvalue weighted by Gasteiger charge is 2.16. The van der Waals surface area contributed by atoms with Crippen LogP contribution >= 0.6 is 0 Å². The molecule has 2 atom stereocenters. The van der Waals surface area contributed by atoms with Crippen LogP contribution in [0.3, 0.4) is 0 Å². The molecule has 1 nitrogen and oxygen atoms in total. The Bertz CT molecular complexity index is 530. The lowest BCUT2D eigenvalue weighted by Crippen LogP contribution is -2.34. The molecule has 0 aliphatic heterocycles. The van der Waals surface area contributed by atoms with E-state index < -0.39 is 0 Å². The first kappa shape index (κ1) is 16.8. The van der Waals surface area contributed by atoms with Gasteiger partial charge in [0.2, 0.25) is 0 Å². The van der Waals surface area contributed by atoms with Crippen molar-refractivity contribution in [2.45, 2.75) is 52.0 Å². The fraction of sp³-hybridized carbons (Fsp3) is 0.429. The molecular weight excluding hydrogens is 266 g/mol. The number of rotatable bonds is 8. The summed E-state index contributed by atoms with van der Waals surface area (Å²) in [6.45, 7) is 7.84. The van der Waals surface area contributed by atoms with Crippen LogP contribution in [-0.4, -0.2) is 12.6 Å². The van der Waals surface area contributed by atoms with Gasteiger partial charge in [0, 0.05) is 6.04 Å². The predicted molar refractivity (Wildman–Crippen MR) is 96.5 cm³/mol. The van der Waals surface area contributed by atoms with Crippen LogP contribution in [0.25, 0.3) is 0 Å². The van der Waals surface area contributed by atoms with E-state index >= 15 is 0 Å². The molecule has 0 saturated carbocycles. The molecule has 0 aliphatic carbocycles. The molecule has 22 heavy (non-hydrogen) atoms. The van der Waals surface area contributed by atoms with Crippen LogP contribution in [0.2, 0.25) is 0 Å². The van der Waals surface area contributed by atoms with Gasteiger partial charge in [-0.3, -0.25) is 0 Å². The van der Waals surface area contributed by atoms with Gasteiger partial charge >= 0.3 is 0 Å². The van der Waals surface area contributed by atoms with Crippen LogP contribution in [0.5, 0.6) is 0 Å². The molecule has 1 N–H and O–H groups in total. The van der Waals surface area contributed by atoms with Crippen molar-refractivity contribution in [2.75, 3.05) is 6.54 Å². The van der Waals surface area contributed by atoms with Gasteiger partial charge in [0.05, 0.1) is 0 Å². The first-order chi connectivity index (χ1) is 10.7. The summed E-state index contributed by atoms with van der Waals surface area (Å²) in [5.41, 5.74) is 4.27. The van der Waals surface area contributed by atoms with Crippen LogP contribution in [0, 0.1) is 0 Å². The van der Waals surface area contributed by atoms with E-state index in [4.69, 9.17) is 0 Å². The van der Waals surface area contributed by atoms with Crippen LogP contribution in [0.4, 0.5) is 0 Å². The molecule has 1 heteroatoms.